The van der Waals surface area contributed by atoms with E-state index in [4.69, 9.17) is 25.5 Å². The van der Waals surface area contributed by atoms with Crippen molar-refractivity contribution in [1.29, 1.82) is 0 Å². The molecule has 154 valence electrons. The van der Waals surface area contributed by atoms with Gasteiger partial charge in [-0.2, -0.15) is 0 Å². The monoisotopic (exact) mass is 415 g/mol. The summed E-state index contributed by atoms with van der Waals surface area (Å²) in [5.74, 6) is 2.34. The van der Waals surface area contributed by atoms with E-state index in [0.29, 0.717) is 30.4 Å². The first-order valence-electron chi connectivity index (χ1n) is 9.48. The summed E-state index contributed by atoms with van der Waals surface area (Å²) >= 11 is 6.05. The zero-order chi connectivity index (χ0) is 20.6. The molecule has 0 spiro atoms. The maximum atomic E-state index is 10.6. The molecule has 3 rings (SSSR count). The van der Waals surface area contributed by atoms with E-state index >= 15 is 0 Å². The van der Waals surface area contributed by atoms with Gasteiger partial charge in [-0.1, -0.05) is 23.7 Å². The Morgan fingerprint density at radius 1 is 1.07 bits per heavy atom. The highest BCUT2D eigenvalue weighted by Gasteiger charge is 2.15. The minimum atomic E-state index is -0.661. The van der Waals surface area contributed by atoms with E-state index in [9.17, 15) is 5.11 Å². The summed E-state index contributed by atoms with van der Waals surface area (Å²) in [6, 6.07) is 17.2. The number of aryl methyl sites for hydroxylation is 1. The van der Waals surface area contributed by atoms with Crippen molar-refractivity contribution in [3.63, 3.8) is 0 Å². The highest BCUT2D eigenvalue weighted by Crippen LogP contribution is 2.21. The van der Waals surface area contributed by atoms with Crippen molar-refractivity contribution in [2.75, 3.05) is 20.3 Å². The number of aliphatic hydroxyl groups is 1. The second-order valence-corrected chi connectivity index (χ2v) is 7.38. The van der Waals surface area contributed by atoms with E-state index < -0.39 is 6.10 Å². The van der Waals surface area contributed by atoms with Gasteiger partial charge in [-0.15, -0.1) is 0 Å². The molecule has 1 atom stereocenters. The van der Waals surface area contributed by atoms with Crippen LogP contribution in [0.15, 0.2) is 65.3 Å². The minimum Gasteiger partial charge on any atom is -0.497 e. The van der Waals surface area contributed by atoms with Crippen LogP contribution in [0.25, 0.3) is 0 Å². The maximum Gasteiger partial charge on any atom is 0.119 e. The second kappa shape index (κ2) is 10.3. The lowest BCUT2D eigenvalue weighted by molar-refractivity contribution is 0.0604. The van der Waals surface area contributed by atoms with E-state index in [2.05, 4.69) is 4.90 Å². The lowest BCUT2D eigenvalue weighted by Gasteiger charge is -2.24. The molecule has 0 bridgehead atoms. The third-order valence-electron chi connectivity index (χ3n) is 4.54. The van der Waals surface area contributed by atoms with Crippen molar-refractivity contribution in [2.45, 2.75) is 26.1 Å². The predicted molar refractivity (Wildman–Crippen MR) is 114 cm³/mol. The molecule has 0 aliphatic rings. The first kappa shape index (κ1) is 21.2. The van der Waals surface area contributed by atoms with Gasteiger partial charge in [-0.3, -0.25) is 4.90 Å². The molecule has 3 aromatic rings. The van der Waals surface area contributed by atoms with Crippen molar-refractivity contribution in [2.24, 2.45) is 0 Å². The average molecular weight is 416 g/mol. The molecule has 0 aliphatic carbocycles. The zero-order valence-corrected chi connectivity index (χ0v) is 17.4. The quantitative estimate of drug-likeness (QED) is 0.520. The van der Waals surface area contributed by atoms with Crippen LogP contribution in [-0.2, 0) is 13.1 Å². The van der Waals surface area contributed by atoms with Crippen molar-refractivity contribution in [3.8, 4) is 11.5 Å². The molecule has 6 heteroatoms. The van der Waals surface area contributed by atoms with Crippen LogP contribution in [0, 0.1) is 6.92 Å². The first-order chi connectivity index (χ1) is 14.0. The molecule has 0 radical (unpaired) electrons. The molecule has 2 aromatic carbocycles. The third kappa shape index (κ3) is 6.53. The number of hydrogen-bond donors (Lipinski definition) is 1. The van der Waals surface area contributed by atoms with Crippen LogP contribution in [0.1, 0.15) is 16.9 Å². The molecule has 5 nitrogen and oxygen atoms in total. The van der Waals surface area contributed by atoms with Gasteiger partial charge in [0.2, 0.25) is 0 Å². The number of ether oxygens (including phenoxy) is 2. The third-order valence-corrected chi connectivity index (χ3v) is 4.96. The number of benzene rings is 2. The zero-order valence-electron chi connectivity index (χ0n) is 16.7. The fourth-order valence-corrected chi connectivity index (χ4v) is 3.20. The van der Waals surface area contributed by atoms with Gasteiger partial charge in [0.1, 0.15) is 30.0 Å². The maximum absolute atomic E-state index is 10.6. The lowest BCUT2D eigenvalue weighted by Crippen LogP contribution is -2.35. The second-order valence-electron chi connectivity index (χ2n) is 6.98. The van der Waals surface area contributed by atoms with Gasteiger partial charge >= 0.3 is 0 Å². The van der Waals surface area contributed by atoms with Crippen molar-refractivity contribution in [1.82, 2.24) is 4.90 Å². The summed E-state index contributed by atoms with van der Waals surface area (Å²) < 4.78 is 16.6. The molecule has 0 fully saturated rings. The number of hydrogen-bond acceptors (Lipinski definition) is 5. The summed E-state index contributed by atoms with van der Waals surface area (Å²) in [5, 5.41) is 11.3. The molecule has 1 N–H and O–H groups in total. The van der Waals surface area contributed by atoms with E-state index in [1.54, 1.807) is 25.5 Å². The summed E-state index contributed by atoms with van der Waals surface area (Å²) in [7, 11) is 1.65. The van der Waals surface area contributed by atoms with Gasteiger partial charge in [0, 0.05) is 18.1 Å². The van der Waals surface area contributed by atoms with Crippen LogP contribution >= 0.6 is 11.6 Å². The number of rotatable bonds is 10. The van der Waals surface area contributed by atoms with E-state index in [1.165, 1.54) is 0 Å². The van der Waals surface area contributed by atoms with Gasteiger partial charge in [-0.05, 0) is 60.5 Å². The lowest BCUT2D eigenvalue weighted by atomic mass is 10.2. The van der Waals surface area contributed by atoms with Crippen molar-refractivity contribution in [3.05, 3.63) is 82.8 Å². The highest BCUT2D eigenvalue weighted by molar-refractivity contribution is 6.31. The molecule has 0 saturated carbocycles. The number of aliphatic hydroxyl groups excluding tert-OH is 1. The Hall–Kier alpha value is -2.47. The van der Waals surface area contributed by atoms with E-state index in [0.717, 1.165) is 22.6 Å². The van der Waals surface area contributed by atoms with Gasteiger partial charge in [-0.25, -0.2) is 0 Å². The van der Waals surface area contributed by atoms with Gasteiger partial charge in [0.05, 0.1) is 19.9 Å². The molecule has 0 amide bonds. The highest BCUT2D eigenvalue weighted by atomic mass is 35.5. The molecule has 1 heterocycles. The van der Waals surface area contributed by atoms with Gasteiger partial charge in [0.25, 0.3) is 0 Å². The van der Waals surface area contributed by atoms with Gasteiger partial charge in [0.15, 0.2) is 0 Å². The Morgan fingerprint density at radius 2 is 1.93 bits per heavy atom. The summed E-state index contributed by atoms with van der Waals surface area (Å²) in [6.45, 7) is 3.78. The first-order valence-corrected chi connectivity index (χ1v) is 9.86. The van der Waals surface area contributed by atoms with E-state index in [-0.39, 0.29) is 6.61 Å². The van der Waals surface area contributed by atoms with Crippen LogP contribution in [0.3, 0.4) is 0 Å². The molecule has 1 aromatic heterocycles. The van der Waals surface area contributed by atoms with Crippen molar-refractivity contribution < 1.29 is 19.0 Å². The summed E-state index contributed by atoms with van der Waals surface area (Å²) in [6.07, 6.45) is 0.994. The van der Waals surface area contributed by atoms with Crippen LogP contribution < -0.4 is 9.47 Å². The number of furan rings is 1. The standard InChI is InChI=1S/C23H26ClNO4/c1-17-11-21(8-9-23(17)24)29-16-19(26)14-25(15-22-7-4-10-28-22)13-18-5-3-6-20(12-18)27-2/h3-12,19,26H,13-16H2,1-2H3. The summed E-state index contributed by atoms with van der Waals surface area (Å²) in [5.41, 5.74) is 2.04. The topological polar surface area (TPSA) is 55.1 Å². The smallest absolute Gasteiger partial charge is 0.119 e. The fourth-order valence-electron chi connectivity index (χ4n) is 3.09. The average Bonchev–Trinajstić information content (AvgIpc) is 3.22. The Bertz CT molecular complexity index is 898. The van der Waals surface area contributed by atoms with Crippen LogP contribution in [0.2, 0.25) is 5.02 Å². The van der Waals surface area contributed by atoms with Gasteiger partial charge < -0.3 is 19.0 Å². The number of halogens is 1. The predicted octanol–water partition coefficient (Wildman–Crippen LogP) is 4.69. The number of nitrogens with zero attached hydrogens (tertiary/aromatic N) is 1. The molecule has 0 aliphatic heterocycles. The summed E-state index contributed by atoms with van der Waals surface area (Å²) in [4.78, 5) is 2.12. The Kier molecular flexibility index (Phi) is 7.58. The molecule has 0 saturated heterocycles. The minimum absolute atomic E-state index is 0.188. The molecule has 29 heavy (non-hydrogen) atoms. The SMILES string of the molecule is COc1cccc(CN(Cc2ccco2)CC(O)COc2ccc(Cl)c(C)c2)c1. The van der Waals surface area contributed by atoms with E-state index in [1.807, 2.05) is 49.4 Å². The van der Waals surface area contributed by atoms with Crippen LogP contribution in [0.5, 0.6) is 11.5 Å². The molecular formula is C23H26ClNO4. The molecular weight excluding hydrogens is 390 g/mol. The fraction of sp³-hybridized carbons (Fsp3) is 0.304. The van der Waals surface area contributed by atoms with Crippen molar-refractivity contribution >= 4 is 11.6 Å². The normalized spacial score (nSPS) is 12.2. The largest absolute Gasteiger partial charge is 0.497 e. The Balaban J connectivity index is 1.62. The Labute approximate surface area is 176 Å². The molecule has 1 unspecified atom stereocenters. The number of methoxy groups -OCH3 is 1. The Morgan fingerprint density at radius 3 is 2.66 bits per heavy atom. The van der Waals surface area contributed by atoms with Crippen LogP contribution in [0.4, 0.5) is 0 Å². The van der Waals surface area contributed by atoms with Crippen LogP contribution in [-0.4, -0.2) is 36.4 Å².